The lowest BCUT2D eigenvalue weighted by Crippen LogP contribution is -2.22. The molecular weight excluding hydrogens is 372 g/mol. The van der Waals surface area contributed by atoms with Crippen molar-refractivity contribution in [2.24, 2.45) is 7.05 Å². The first-order valence-electron chi connectivity index (χ1n) is 8.90. The maximum absolute atomic E-state index is 12.5. The van der Waals surface area contributed by atoms with Crippen LogP contribution in [0, 0.1) is 6.92 Å². The summed E-state index contributed by atoms with van der Waals surface area (Å²) >= 11 is 1.35. The van der Waals surface area contributed by atoms with Gasteiger partial charge in [0.1, 0.15) is 0 Å². The number of hydrogen-bond donors (Lipinski definition) is 1. The van der Waals surface area contributed by atoms with Crippen LogP contribution in [0.2, 0.25) is 0 Å². The van der Waals surface area contributed by atoms with E-state index in [-0.39, 0.29) is 16.9 Å². The predicted octanol–water partition coefficient (Wildman–Crippen LogP) is 4.11. The molecule has 1 aromatic heterocycles. The lowest BCUT2D eigenvalue weighted by atomic mass is 10.1. The van der Waals surface area contributed by atoms with Gasteiger partial charge < -0.3 is 9.88 Å². The molecule has 28 heavy (non-hydrogen) atoms. The SMILES string of the molecule is CC(=O)c1ccc(NC(=O)C(C)Sc2nnc(-c3cccc(C)c3)n2C)cc1. The second kappa shape index (κ2) is 8.39. The van der Waals surface area contributed by atoms with Crippen LogP contribution in [0.5, 0.6) is 0 Å². The van der Waals surface area contributed by atoms with E-state index in [2.05, 4.69) is 21.6 Å². The first-order chi connectivity index (χ1) is 13.3. The lowest BCUT2D eigenvalue weighted by molar-refractivity contribution is -0.115. The fraction of sp³-hybridized carbons (Fsp3) is 0.238. The van der Waals surface area contributed by atoms with Crippen LogP contribution in [-0.2, 0) is 11.8 Å². The zero-order chi connectivity index (χ0) is 20.3. The van der Waals surface area contributed by atoms with E-state index >= 15 is 0 Å². The molecule has 0 bridgehead atoms. The Kier molecular flexibility index (Phi) is 5.94. The fourth-order valence-corrected chi connectivity index (χ4v) is 3.51. The average Bonchev–Trinajstić information content (AvgIpc) is 3.02. The second-order valence-corrected chi connectivity index (χ2v) is 7.93. The highest BCUT2D eigenvalue weighted by Crippen LogP contribution is 2.26. The maximum Gasteiger partial charge on any atom is 0.237 e. The molecule has 0 aliphatic heterocycles. The van der Waals surface area contributed by atoms with E-state index in [0.717, 1.165) is 17.0 Å². The molecule has 0 aliphatic carbocycles. The van der Waals surface area contributed by atoms with E-state index in [1.807, 2.05) is 43.7 Å². The molecule has 6 nitrogen and oxygen atoms in total. The standard InChI is InChI=1S/C21H22N4O2S/c1-13-6-5-7-17(12-13)19-23-24-21(25(19)4)28-15(3)20(27)22-18-10-8-16(9-11-18)14(2)26/h5-12,15H,1-4H3,(H,22,27). The van der Waals surface area contributed by atoms with E-state index in [4.69, 9.17) is 0 Å². The highest BCUT2D eigenvalue weighted by Gasteiger charge is 2.19. The first-order valence-corrected chi connectivity index (χ1v) is 9.78. The van der Waals surface area contributed by atoms with Crippen molar-refractivity contribution in [1.29, 1.82) is 0 Å². The van der Waals surface area contributed by atoms with Crippen LogP contribution in [0.4, 0.5) is 5.69 Å². The Balaban J connectivity index is 1.68. The Morgan fingerprint density at radius 1 is 1.11 bits per heavy atom. The third kappa shape index (κ3) is 4.48. The lowest BCUT2D eigenvalue weighted by Gasteiger charge is -2.12. The van der Waals surface area contributed by atoms with Gasteiger partial charge in [-0.2, -0.15) is 0 Å². The van der Waals surface area contributed by atoms with Crippen LogP contribution in [0.15, 0.2) is 53.7 Å². The van der Waals surface area contributed by atoms with Crippen molar-refractivity contribution < 1.29 is 9.59 Å². The van der Waals surface area contributed by atoms with Crippen molar-refractivity contribution >= 4 is 29.1 Å². The molecule has 0 spiro atoms. The molecular formula is C21H22N4O2S. The van der Waals surface area contributed by atoms with Gasteiger partial charge >= 0.3 is 0 Å². The molecule has 1 N–H and O–H groups in total. The minimum Gasteiger partial charge on any atom is -0.325 e. The molecule has 0 aliphatic rings. The maximum atomic E-state index is 12.5. The number of Topliss-reactive ketones (excluding diaryl/α,β-unsaturated/α-hetero) is 1. The Bertz CT molecular complexity index is 1010. The number of carbonyl (C=O) groups excluding carboxylic acids is 2. The molecule has 1 unspecified atom stereocenters. The number of anilines is 1. The molecule has 0 fully saturated rings. The van der Waals surface area contributed by atoms with E-state index in [9.17, 15) is 9.59 Å². The van der Waals surface area contributed by atoms with Crippen molar-refractivity contribution in [3.63, 3.8) is 0 Å². The zero-order valence-electron chi connectivity index (χ0n) is 16.3. The number of aryl methyl sites for hydroxylation is 1. The van der Waals surface area contributed by atoms with Gasteiger partial charge in [0.15, 0.2) is 16.8 Å². The van der Waals surface area contributed by atoms with Crippen LogP contribution < -0.4 is 5.32 Å². The number of benzene rings is 2. The molecule has 3 rings (SSSR count). The van der Waals surface area contributed by atoms with Gasteiger partial charge in [-0.05, 0) is 51.1 Å². The Hall–Kier alpha value is -2.93. The van der Waals surface area contributed by atoms with Gasteiger partial charge in [-0.15, -0.1) is 10.2 Å². The van der Waals surface area contributed by atoms with E-state index in [1.165, 1.54) is 18.7 Å². The minimum atomic E-state index is -0.360. The van der Waals surface area contributed by atoms with E-state index in [1.54, 1.807) is 24.3 Å². The summed E-state index contributed by atoms with van der Waals surface area (Å²) < 4.78 is 1.89. The molecule has 1 heterocycles. The number of amides is 1. The Morgan fingerprint density at radius 3 is 2.46 bits per heavy atom. The summed E-state index contributed by atoms with van der Waals surface area (Å²) in [7, 11) is 1.89. The summed E-state index contributed by atoms with van der Waals surface area (Å²) in [6.07, 6.45) is 0. The van der Waals surface area contributed by atoms with Gasteiger partial charge in [0.05, 0.1) is 5.25 Å². The molecule has 1 amide bonds. The normalized spacial score (nSPS) is 11.9. The molecule has 0 saturated carbocycles. The van der Waals surface area contributed by atoms with Crippen molar-refractivity contribution in [1.82, 2.24) is 14.8 Å². The number of nitrogens with one attached hydrogen (secondary N) is 1. The largest absolute Gasteiger partial charge is 0.325 e. The predicted molar refractivity (Wildman–Crippen MR) is 112 cm³/mol. The van der Waals surface area contributed by atoms with Crippen molar-refractivity contribution in [2.45, 2.75) is 31.2 Å². The molecule has 3 aromatic rings. The number of ketones is 1. The van der Waals surface area contributed by atoms with Gasteiger partial charge in [-0.1, -0.05) is 35.5 Å². The summed E-state index contributed by atoms with van der Waals surface area (Å²) in [4.78, 5) is 23.9. The Morgan fingerprint density at radius 2 is 1.82 bits per heavy atom. The topological polar surface area (TPSA) is 76.9 Å². The van der Waals surface area contributed by atoms with Gasteiger partial charge in [0.25, 0.3) is 0 Å². The van der Waals surface area contributed by atoms with Crippen molar-refractivity contribution in [3.8, 4) is 11.4 Å². The number of carbonyl (C=O) groups is 2. The highest BCUT2D eigenvalue weighted by molar-refractivity contribution is 8.00. The number of nitrogens with zero attached hydrogens (tertiary/aromatic N) is 3. The molecule has 144 valence electrons. The third-order valence-electron chi connectivity index (χ3n) is 4.32. The van der Waals surface area contributed by atoms with Gasteiger partial charge in [-0.25, -0.2) is 0 Å². The first kappa shape index (κ1) is 19.8. The Labute approximate surface area is 168 Å². The minimum absolute atomic E-state index is 0.00602. The van der Waals surface area contributed by atoms with Crippen LogP contribution in [-0.4, -0.2) is 31.7 Å². The van der Waals surface area contributed by atoms with Crippen LogP contribution in [0.1, 0.15) is 29.8 Å². The van der Waals surface area contributed by atoms with Gasteiger partial charge in [0, 0.05) is 23.9 Å². The number of rotatable bonds is 6. The molecule has 0 radical (unpaired) electrons. The number of hydrogen-bond acceptors (Lipinski definition) is 5. The molecule has 0 saturated heterocycles. The smallest absolute Gasteiger partial charge is 0.237 e. The van der Waals surface area contributed by atoms with E-state index in [0.29, 0.717) is 16.4 Å². The summed E-state index contributed by atoms with van der Waals surface area (Å²) in [5.41, 5.74) is 3.41. The summed E-state index contributed by atoms with van der Waals surface area (Å²) in [6.45, 7) is 5.37. The summed E-state index contributed by atoms with van der Waals surface area (Å²) in [5.74, 6) is 0.618. The van der Waals surface area contributed by atoms with Crippen LogP contribution in [0.25, 0.3) is 11.4 Å². The molecule has 7 heteroatoms. The van der Waals surface area contributed by atoms with Gasteiger partial charge in [-0.3, -0.25) is 9.59 Å². The second-order valence-electron chi connectivity index (χ2n) is 6.62. The zero-order valence-corrected chi connectivity index (χ0v) is 17.1. The number of thioether (sulfide) groups is 1. The summed E-state index contributed by atoms with van der Waals surface area (Å²) in [5, 5.41) is 11.7. The highest BCUT2D eigenvalue weighted by atomic mass is 32.2. The van der Waals surface area contributed by atoms with Crippen molar-refractivity contribution in [3.05, 3.63) is 59.7 Å². The average molecular weight is 395 g/mol. The fourth-order valence-electron chi connectivity index (χ4n) is 2.70. The third-order valence-corrected chi connectivity index (χ3v) is 5.46. The van der Waals surface area contributed by atoms with Crippen molar-refractivity contribution in [2.75, 3.05) is 5.32 Å². The molecule has 1 atom stereocenters. The van der Waals surface area contributed by atoms with E-state index < -0.39 is 0 Å². The number of aromatic nitrogens is 3. The van der Waals surface area contributed by atoms with Crippen LogP contribution in [0.3, 0.4) is 0 Å². The molecule has 2 aromatic carbocycles. The van der Waals surface area contributed by atoms with Gasteiger partial charge in [0.2, 0.25) is 5.91 Å². The quantitative estimate of drug-likeness (QED) is 0.503. The summed E-state index contributed by atoms with van der Waals surface area (Å²) in [6, 6.07) is 14.9. The monoisotopic (exact) mass is 394 g/mol. The van der Waals surface area contributed by atoms with Crippen LogP contribution >= 0.6 is 11.8 Å².